The molecule has 0 aromatic rings. The maximum atomic E-state index is 11.8. The van der Waals surface area contributed by atoms with Crippen molar-refractivity contribution >= 4 is 11.9 Å². The molecule has 92 valence electrons. The lowest BCUT2D eigenvalue weighted by molar-refractivity contribution is -0.145. The molecule has 1 heterocycles. The first-order valence-electron chi connectivity index (χ1n) is 4.89. The van der Waals surface area contributed by atoms with Crippen LogP contribution in [-0.2, 0) is 14.3 Å². The molecule has 0 spiro atoms. The lowest BCUT2D eigenvalue weighted by Crippen LogP contribution is -2.54. The fraction of sp³-hybridized carbons (Fsp3) is 0.778. The molecule has 3 atom stereocenters. The second-order valence-electron chi connectivity index (χ2n) is 4.09. The number of hydrogen-bond acceptors (Lipinski definition) is 5. The largest absolute Gasteiger partial charge is 0.480 e. The van der Waals surface area contributed by atoms with Crippen LogP contribution in [0.5, 0.6) is 0 Å². The number of aliphatic hydroxyl groups excluding tert-OH is 1. The van der Waals surface area contributed by atoms with Crippen molar-refractivity contribution in [1.29, 1.82) is 0 Å². The van der Waals surface area contributed by atoms with Crippen LogP contribution in [0.2, 0.25) is 0 Å². The Morgan fingerprint density at radius 2 is 2.31 bits per heavy atom. The molecule has 2 unspecified atom stereocenters. The van der Waals surface area contributed by atoms with Gasteiger partial charge in [0.2, 0.25) is 5.91 Å². The van der Waals surface area contributed by atoms with Crippen LogP contribution in [-0.4, -0.2) is 54.0 Å². The zero-order valence-electron chi connectivity index (χ0n) is 8.97. The summed E-state index contributed by atoms with van der Waals surface area (Å²) in [6.45, 7) is 1.36. The van der Waals surface area contributed by atoms with Gasteiger partial charge in [-0.25, -0.2) is 4.79 Å². The molecule has 1 fully saturated rings. The topological polar surface area (TPSA) is 122 Å². The first kappa shape index (κ1) is 12.9. The Labute approximate surface area is 92.6 Å². The summed E-state index contributed by atoms with van der Waals surface area (Å²) >= 11 is 0. The van der Waals surface area contributed by atoms with E-state index in [0.717, 1.165) is 0 Å². The second-order valence-corrected chi connectivity index (χ2v) is 4.09. The van der Waals surface area contributed by atoms with E-state index in [1.165, 1.54) is 0 Å². The van der Waals surface area contributed by atoms with Gasteiger partial charge in [0.15, 0.2) is 0 Å². The van der Waals surface area contributed by atoms with Crippen LogP contribution in [0.25, 0.3) is 0 Å². The first-order chi connectivity index (χ1) is 7.41. The van der Waals surface area contributed by atoms with Crippen molar-refractivity contribution in [3.8, 4) is 0 Å². The minimum atomic E-state index is -1.31. The van der Waals surface area contributed by atoms with Gasteiger partial charge in [-0.15, -0.1) is 0 Å². The van der Waals surface area contributed by atoms with Crippen molar-refractivity contribution < 1.29 is 24.5 Å². The van der Waals surface area contributed by atoms with Gasteiger partial charge in [-0.2, -0.15) is 0 Å². The summed E-state index contributed by atoms with van der Waals surface area (Å²) in [7, 11) is 0. The second kappa shape index (κ2) is 4.77. The number of nitrogens with one attached hydrogen (secondary N) is 1. The fourth-order valence-electron chi connectivity index (χ4n) is 1.43. The summed E-state index contributed by atoms with van der Waals surface area (Å²) in [4.78, 5) is 22.4. The van der Waals surface area contributed by atoms with Crippen LogP contribution in [0.1, 0.15) is 6.92 Å². The molecule has 1 aliphatic rings. The standard InChI is InChI=1S/C9H16N2O5/c1-9(4-16-3-6(9)10)8(15)11-5(2-12)7(13)14/h5-6,12H,2-4,10H2,1H3,(H,11,15)(H,13,14)/t5-,6?,9?/m0/s1. The molecule has 0 radical (unpaired) electrons. The summed E-state index contributed by atoms with van der Waals surface area (Å²) in [6.07, 6.45) is 0. The third kappa shape index (κ3) is 2.31. The fourth-order valence-corrected chi connectivity index (χ4v) is 1.43. The van der Waals surface area contributed by atoms with E-state index in [-0.39, 0.29) is 13.2 Å². The van der Waals surface area contributed by atoms with Gasteiger partial charge in [-0.1, -0.05) is 0 Å². The van der Waals surface area contributed by atoms with Crippen molar-refractivity contribution in [1.82, 2.24) is 5.32 Å². The van der Waals surface area contributed by atoms with Crippen molar-refractivity contribution in [3.63, 3.8) is 0 Å². The molecule has 0 bridgehead atoms. The Morgan fingerprint density at radius 1 is 1.69 bits per heavy atom. The van der Waals surface area contributed by atoms with E-state index in [2.05, 4.69) is 5.32 Å². The van der Waals surface area contributed by atoms with Gasteiger partial charge in [0, 0.05) is 6.04 Å². The minimum Gasteiger partial charge on any atom is -0.480 e. The van der Waals surface area contributed by atoms with Crippen LogP contribution in [0.15, 0.2) is 0 Å². The third-order valence-corrected chi connectivity index (χ3v) is 2.82. The Balaban J connectivity index is 2.67. The SMILES string of the molecule is CC1(C(=O)N[C@@H](CO)C(=O)O)COCC1N. The zero-order chi connectivity index (χ0) is 12.3. The predicted molar refractivity (Wildman–Crippen MR) is 53.6 cm³/mol. The quantitative estimate of drug-likeness (QED) is 0.441. The number of carbonyl (C=O) groups excluding carboxylic acids is 1. The number of ether oxygens (including phenoxy) is 1. The predicted octanol–water partition coefficient (Wildman–Crippen LogP) is -2.09. The highest BCUT2D eigenvalue weighted by molar-refractivity contribution is 5.88. The number of carboxylic acids is 1. The lowest BCUT2D eigenvalue weighted by Gasteiger charge is -2.26. The molecule has 1 aliphatic heterocycles. The molecule has 0 aromatic carbocycles. The van der Waals surface area contributed by atoms with E-state index in [0.29, 0.717) is 0 Å². The maximum Gasteiger partial charge on any atom is 0.328 e. The van der Waals surface area contributed by atoms with Crippen LogP contribution >= 0.6 is 0 Å². The van der Waals surface area contributed by atoms with E-state index in [1.807, 2.05) is 0 Å². The van der Waals surface area contributed by atoms with Gasteiger partial charge >= 0.3 is 5.97 Å². The van der Waals surface area contributed by atoms with E-state index < -0.39 is 36.0 Å². The Hall–Kier alpha value is -1.18. The van der Waals surface area contributed by atoms with Gasteiger partial charge in [0.1, 0.15) is 6.04 Å². The summed E-state index contributed by atoms with van der Waals surface area (Å²) < 4.78 is 5.07. The maximum absolute atomic E-state index is 11.8. The third-order valence-electron chi connectivity index (χ3n) is 2.82. The van der Waals surface area contributed by atoms with E-state index in [9.17, 15) is 9.59 Å². The van der Waals surface area contributed by atoms with Gasteiger partial charge < -0.3 is 26.0 Å². The number of carboxylic acid groups (broad SMARTS) is 1. The zero-order valence-corrected chi connectivity index (χ0v) is 8.97. The Morgan fingerprint density at radius 3 is 2.69 bits per heavy atom. The van der Waals surface area contributed by atoms with Gasteiger partial charge in [0.25, 0.3) is 0 Å². The number of amides is 1. The van der Waals surface area contributed by atoms with Crippen molar-refractivity contribution in [2.75, 3.05) is 19.8 Å². The summed E-state index contributed by atoms with van der Waals surface area (Å²) in [5, 5.41) is 19.7. The average Bonchev–Trinajstić information content (AvgIpc) is 2.56. The Kier molecular flexibility index (Phi) is 3.84. The molecular formula is C9H16N2O5. The molecule has 7 heteroatoms. The first-order valence-corrected chi connectivity index (χ1v) is 4.89. The molecule has 5 N–H and O–H groups in total. The van der Waals surface area contributed by atoms with Gasteiger partial charge in [-0.05, 0) is 6.92 Å². The number of hydrogen-bond donors (Lipinski definition) is 4. The number of rotatable bonds is 4. The summed E-state index contributed by atoms with van der Waals surface area (Å²) in [6, 6.07) is -1.78. The molecule has 7 nitrogen and oxygen atoms in total. The number of carbonyl (C=O) groups is 2. The smallest absolute Gasteiger partial charge is 0.328 e. The summed E-state index contributed by atoms with van der Waals surface area (Å²) in [5.74, 6) is -1.80. The normalized spacial score (nSPS) is 31.1. The molecule has 0 aromatic heterocycles. The molecular weight excluding hydrogens is 216 g/mol. The van der Waals surface area contributed by atoms with Crippen LogP contribution in [0.3, 0.4) is 0 Å². The van der Waals surface area contributed by atoms with Crippen LogP contribution in [0, 0.1) is 5.41 Å². The van der Waals surface area contributed by atoms with E-state index in [4.69, 9.17) is 20.7 Å². The highest BCUT2D eigenvalue weighted by atomic mass is 16.5. The molecule has 1 saturated heterocycles. The lowest BCUT2D eigenvalue weighted by atomic mass is 9.84. The van der Waals surface area contributed by atoms with Crippen molar-refractivity contribution in [2.45, 2.75) is 19.0 Å². The van der Waals surface area contributed by atoms with Crippen molar-refractivity contribution in [3.05, 3.63) is 0 Å². The molecule has 16 heavy (non-hydrogen) atoms. The van der Waals surface area contributed by atoms with Crippen LogP contribution < -0.4 is 11.1 Å². The number of aliphatic hydroxyl groups is 1. The van der Waals surface area contributed by atoms with Crippen molar-refractivity contribution in [2.24, 2.45) is 11.1 Å². The number of nitrogens with two attached hydrogens (primary N) is 1. The van der Waals surface area contributed by atoms with E-state index in [1.54, 1.807) is 6.92 Å². The Bertz CT molecular complexity index is 296. The van der Waals surface area contributed by atoms with Gasteiger partial charge in [0.05, 0.1) is 25.2 Å². The highest BCUT2D eigenvalue weighted by Crippen LogP contribution is 2.27. The minimum absolute atomic E-state index is 0.151. The number of aliphatic carboxylic acids is 1. The summed E-state index contributed by atoms with van der Waals surface area (Å²) in [5.41, 5.74) is 4.77. The van der Waals surface area contributed by atoms with Gasteiger partial charge in [-0.3, -0.25) is 4.79 Å². The molecule has 1 amide bonds. The monoisotopic (exact) mass is 232 g/mol. The molecule has 0 aliphatic carbocycles. The highest BCUT2D eigenvalue weighted by Gasteiger charge is 2.45. The molecule has 1 rings (SSSR count). The molecule has 0 saturated carbocycles. The average molecular weight is 232 g/mol. The van der Waals surface area contributed by atoms with E-state index >= 15 is 0 Å². The van der Waals surface area contributed by atoms with Crippen LogP contribution in [0.4, 0.5) is 0 Å².